The zero-order chi connectivity index (χ0) is 23.1. The SMILES string of the molecule is CCCCCc1ccc(-c2cccc(C(F)C(F)c3cccc(CCC)c3F)c2F)cc1. The van der Waals surface area contributed by atoms with E-state index in [0.29, 0.717) is 24.0 Å². The molecule has 0 nitrogen and oxygen atoms in total. The molecule has 3 aromatic carbocycles. The van der Waals surface area contributed by atoms with E-state index in [1.54, 1.807) is 24.3 Å². The van der Waals surface area contributed by atoms with E-state index >= 15 is 13.2 Å². The van der Waals surface area contributed by atoms with Crippen molar-refractivity contribution in [2.75, 3.05) is 0 Å². The zero-order valence-corrected chi connectivity index (χ0v) is 18.7. The predicted octanol–water partition coefficient (Wildman–Crippen LogP) is 9.04. The predicted molar refractivity (Wildman–Crippen MR) is 123 cm³/mol. The monoisotopic (exact) mass is 442 g/mol. The van der Waals surface area contributed by atoms with Crippen LogP contribution in [0.1, 0.15) is 74.1 Å². The van der Waals surface area contributed by atoms with Gasteiger partial charge in [0, 0.05) is 16.7 Å². The minimum atomic E-state index is -2.31. The number of alkyl halides is 2. The van der Waals surface area contributed by atoms with Gasteiger partial charge in [-0.2, -0.15) is 0 Å². The van der Waals surface area contributed by atoms with Crippen LogP contribution in [0.5, 0.6) is 0 Å². The van der Waals surface area contributed by atoms with E-state index in [4.69, 9.17) is 0 Å². The molecule has 0 spiro atoms. The highest BCUT2D eigenvalue weighted by atomic mass is 19.2. The summed E-state index contributed by atoms with van der Waals surface area (Å²) in [5.74, 6) is -1.56. The van der Waals surface area contributed by atoms with Crippen LogP contribution in [-0.4, -0.2) is 0 Å². The Morgan fingerprint density at radius 1 is 0.656 bits per heavy atom. The van der Waals surface area contributed by atoms with Crippen molar-refractivity contribution >= 4 is 0 Å². The third-order valence-corrected chi connectivity index (χ3v) is 5.84. The van der Waals surface area contributed by atoms with Crippen molar-refractivity contribution in [1.82, 2.24) is 0 Å². The molecule has 0 amide bonds. The summed E-state index contributed by atoms with van der Waals surface area (Å²) in [4.78, 5) is 0. The quantitative estimate of drug-likeness (QED) is 0.217. The third-order valence-electron chi connectivity index (χ3n) is 5.84. The first-order valence-corrected chi connectivity index (χ1v) is 11.4. The molecule has 0 N–H and O–H groups in total. The summed E-state index contributed by atoms with van der Waals surface area (Å²) in [7, 11) is 0. The normalized spacial score (nSPS) is 13.2. The average Bonchev–Trinajstić information content (AvgIpc) is 2.81. The number of unbranched alkanes of at least 4 members (excludes halogenated alkanes) is 2. The van der Waals surface area contributed by atoms with Gasteiger partial charge in [0.05, 0.1) is 0 Å². The first-order chi connectivity index (χ1) is 15.5. The average molecular weight is 443 g/mol. The first-order valence-electron chi connectivity index (χ1n) is 11.4. The standard InChI is InChI=1S/C28H30F4/c1-3-5-6-10-19-15-17-20(18-16-19)22-12-8-14-24(26(22)30)28(32)27(31)23-13-7-11-21(9-4-2)25(23)29/h7-8,11-18,27-28H,3-6,9-10H2,1-2H3. The van der Waals surface area contributed by atoms with Crippen LogP contribution in [-0.2, 0) is 12.8 Å². The molecule has 0 fully saturated rings. The zero-order valence-electron chi connectivity index (χ0n) is 18.7. The Morgan fingerprint density at radius 2 is 1.28 bits per heavy atom. The number of aryl methyl sites for hydroxylation is 2. The summed E-state index contributed by atoms with van der Waals surface area (Å²) in [6, 6.07) is 16.1. The van der Waals surface area contributed by atoms with Crippen LogP contribution < -0.4 is 0 Å². The molecule has 2 atom stereocenters. The van der Waals surface area contributed by atoms with E-state index < -0.39 is 29.5 Å². The lowest BCUT2D eigenvalue weighted by atomic mass is 9.94. The van der Waals surface area contributed by atoms with Crippen LogP contribution >= 0.6 is 0 Å². The minimum Gasteiger partial charge on any atom is -0.239 e. The molecule has 3 aromatic rings. The molecular formula is C28H30F4. The van der Waals surface area contributed by atoms with Crippen molar-refractivity contribution in [2.24, 2.45) is 0 Å². The largest absolute Gasteiger partial charge is 0.239 e. The second-order valence-corrected chi connectivity index (χ2v) is 8.24. The molecule has 0 heterocycles. The Balaban J connectivity index is 1.86. The Labute approximate surface area is 188 Å². The smallest absolute Gasteiger partial charge is 0.163 e. The number of hydrogen-bond acceptors (Lipinski definition) is 0. The van der Waals surface area contributed by atoms with Crippen LogP contribution in [0.4, 0.5) is 17.6 Å². The summed E-state index contributed by atoms with van der Waals surface area (Å²) < 4.78 is 60.1. The van der Waals surface area contributed by atoms with Crippen molar-refractivity contribution in [3.05, 3.63) is 94.6 Å². The summed E-state index contributed by atoms with van der Waals surface area (Å²) in [5.41, 5.74) is 1.54. The number of rotatable bonds is 10. The van der Waals surface area contributed by atoms with Crippen LogP contribution in [0.3, 0.4) is 0 Å². The maximum Gasteiger partial charge on any atom is 0.163 e. The fourth-order valence-electron chi connectivity index (χ4n) is 4.01. The molecule has 0 aliphatic rings. The van der Waals surface area contributed by atoms with Gasteiger partial charge in [-0.3, -0.25) is 0 Å². The summed E-state index contributed by atoms with van der Waals surface area (Å²) in [5, 5.41) is 0. The fourth-order valence-corrected chi connectivity index (χ4v) is 4.01. The van der Waals surface area contributed by atoms with Crippen molar-refractivity contribution in [2.45, 2.75) is 64.7 Å². The van der Waals surface area contributed by atoms with E-state index in [9.17, 15) is 4.39 Å². The third kappa shape index (κ3) is 5.40. The van der Waals surface area contributed by atoms with Gasteiger partial charge in [-0.1, -0.05) is 93.8 Å². The lowest BCUT2D eigenvalue weighted by Crippen LogP contribution is -2.08. The molecule has 0 bridgehead atoms. The van der Waals surface area contributed by atoms with Crippen molar-refractivity contribution < 1.29 is 17.6 Å². The summed E-state index contributed by atoms with van der Waals surface area (Å²) in [6.07, 6.45) is 0.858. The second kappa shape index (κ2) is 11.3. The second-order valence-electron chi connectivity index (χ2n) is 8.24. The lowest BCUT2D eigenvalue weighted by molar-refractivity contribution is 0.162. The molecule has 0 radical (unpaired) electrons. The summed E-state index contributed by atoms with van der Waals surface area (Å²) in [6.45, 7) is 4.03. The lowest BCUT2D eigenvalue weighted by Gasteiger charge is -2.18. The van der Waals surface area contributed by atoms with Gasteiger partial charge < -0.3 is 0 Å². The molecule has 3 rings (SSSR count). The van der Waals surface area contributed by atoms with Gasteiger partial charge in [0.2, 0.25) is 0 Å². The molecule has 2 unspecified atom stereocenters. The molecular weight excluding hydrogens is 412 g/mol. The molecule has 4 heteroatoms. The Hall–Kier alpha value is -2.62. The molecule has 170 valence electrons. The van der Waals surface area contributed by atoms with Crippen molar-refractivity contribution in [3.8, 4) is 11.1 Å². The first kappa shape index (κ1) is 24.0. The van der Waals surface area contributed by atoms with Crippen LogP contribution in [0.15, 0.2) is 60.7 Å². The van der Waals surface area contributed by atoms with E-state index in [1.807, 2.05) is 19.1 Å². The molecule has 0 saturated carbocycles. The Bertz CT molecular complexity index is 1010. The van der Waals surface area contributed by atoms with Crippen LogP contribution in [0, 0.1) is 11.6 Å². The van der Waals surface area contributed by atoms with Crippen LogP contribution in [0.25, 0.3) is 11.1 Å². The molecule has 32 heavy (non-hydrogen) atoms. The number of halogens is 4. The highest BCUT2D eigenvalue weighted by Gasteiger charge is 2.30. The van der Waals surface area contributed by atoms with E-state index in [0.717, 1.165) is 31.2 Å². The van der Waals surface area contributed by atoms with Gasteiger partial charge in [0.25, 0.3) is 0 Å². The van der Waals surface area contributed by atoms with Gasteiger partial charge in [-0.15, -0.1) is 0 Å². The van der Waals surface area contributed by atoms with Gasteiger partial charge in [0.1, 0.15) is 11.6 Å². The Kier molecular flexibility index (Phi) is 8.49. The maximum absolute atomic E-state index is 15.2. The number of hydrogen-bond donors (Lipinski definition) is 0. The van der Waals surface area contributed by atoms with Gasteiger partial charge in [-0.05, 0) is 36.0 Å². The molecule has 0 aromatic heterocycles. The molecule has 0 aliphatic carbocycles. The van der Waals surface area contributed by atoms with Crippen molar-refractivity contribution in [1.29, 1.82) is 0 Å². The van der Waals surface area contributed by atoms with Gasteiger partial charge >= 0.3 is 0 Å². The van der Waals surface area contributed by atoms with E-state index in [2.05, 4.69) is 6.92 Å². The fraction of sp³-hybridized carbons (Fsp3) is 0.357. The maximum atomic E-state index is 15.2. The number of benzene rings is 3. The molecule has 0 aliphatic heterocycles. The summed E-state index contributed by atoms with van der Waals surface area (Å²) >= 11 is 0. The highest BCUT2D eigenvalue weighted by molar-refractivity contribution is 5.65. The highest BCUT2D eigenvalue weighted by Crippen LogP contribution is 2.40. The van der Waals surface area contributed by atoms with Crippen LogP contribution in [0.2, 0.25) is 0 Å². The molecule has 0 saturated heterocycles. The Morgan fingerprint density at radius 3 is 1.91 bits per heavy atom. The topological polar surface area (TPSA) is 0 Å². The van der Waals surface area contributed by atoms with Crippen molar-refractivity contribution in [3.63, 3.8) is 0 Å². The van der Waals surface area contributed by atoms with Gasteiger partial charge in [0.15, 0.2) is 12.3 Å². The van der Waals surface area contributed by atoms with E-state index in [-0.39, 0.29) is 11.1 Å². The minimum absolute atomic E-state index is 0.206. The van der Waals surface area contributed by atoms with E-state index in [1.165, 1.54) is 24.3 Å². The van der Waals surface area contributed by atoms with Gasteiger partial charge in [-0.25, -0.2) is 17.6 Å².